The zero-order valence-corrected chi connectivity index (χ0v) is 11.6. The van der Waals surface area contributed by atoms with Crippen molar-refractivity contribution in [3.05, 3.63) is 0 Å². The maximum absolute atomic E-state index is 11.9. The number of carbonyl (C=O) groups excluding carboxylic acids is 2. The van der Waals surface area contributed by atoms with Crippen molar-refractivity contribution in [2.75, 3.05) is 40.3 Å². The molecule has 0 spiro atoms. The first-order chi connectivity index (χ1) is 7.90. The molecule has 0 aliphatic carbocycles. The Hall–Kier alpha value is -1.10. The standard InChI is InChI=1S/C12H25N3O2/c1-6-15(8-11(16)13-4)12(17)9-14(5)7-10(2)3/h10H,6-9H2,1-5H3,(H,13,16). The SMILES string of the molecule is CCN(CC(=O)NC)C(=O)CN(C)CC(C)C. The van der Waals surface area contributed by atoms with Crippen molar-refractivity contribution in [2.24, 2.45) is 5.92 Å². The molecule has 0 aromatic rings. The van der Waals surface area contributed by atoms with Crippen LogP contribution in [-0.4, -0.2) is 61.9 Å². The Morgan fingerprint density at radius 2 is 1.82 bits per heavy atom. The van der Waals surface area contributed by atoms with Crippen LogP contribution in [0, 0.1) is 5.92 Å². The first-order valence-electron chi connectivity index (χ1n) is 6.07. The van der Waals surface area contributed by atoms with Crippen LogP contribution < -0.4 is 5.32 Å². The Bertz CT molecular complexity index is 254. The molecule has 0 saturated heterocycles. The van der Waals surface area contributed by atoms with Crippen LogP contribution >= 0.6 is 0 Å². The average Bonchev–Trinajstić information content (AvgIpc) is 2.23. The Balaban J connectivity index is 4.20. The third-order valence-electron chi connectivity index (χ3n) is 2.43. The second-order valence-corrected chi connectivity index (χ2v) is 4.67. The van der Waals surface area contributed by atoms with E-state index in [1.807, 2.05) is 18.9 Å². The molecule has 2 amide bonds. The number of nitrogens with zero attached hydrogens (tertiary/aromatic N) is 2. The fourth-order valence-electron chi connectivity index (χ4n) is 1.65. The summed E-state index contributed by atoms with van der Waals surface area (Å²) in [6.07, 6.45) is 0. The third kappa shape index (κ3) is 6.94. The van der Waals surface area contributed by atoms with Gasteiger partial charge in [-0.05, 0) is 19.9 Å². The lowest BCUT2D eigenvalue weighted by Gasteiger charge is -2.24. The molecule has 1 N–H and O–H groups in total. The molecule has 0 saturated carbocycles. The lowest BCUT2D eigenvalue weighted by Crippen LogP contribution is -2.44. The molecule has 0 bridgehead atoms. The molecular formula is C12H25N3O2. The van der Waals surface area contributed by atoms with Gasteiger partial charge in [-0.25, -0.2) is 0 Å². The largest absolute Gasteiger partial charge is 0.358 e. The maximum Gasteiger partial charge on any atom is 0.239 e. The van der Waals surface area contributed by atoms with Gasteiger partial charge in [0.1, 0.15) is 0 Å². The number of hydrogen-bond acceptors (Lipinski definition) is 3. The van der Waals surface area contributed by atoms with Crippen molar-refractivity contribution < 1.29 is 9.59 Å². The summed E-state index contributed by atoms with van der Waals surface area (Å²) in [5, 5.41) is 2.52. The second-order valence-electron chi connectivity index (χ2n) is 4.67. The van der Waals surface area contributed by atoms with Crippen LogP contribution in [0.5, 0.6) is 0 Å². The van der Waals surface area contributed by atoms with E-state index >= 15 is 0 Å². The molecule has 0 rings (SSSR count). The molecule has 5 heteroatoms. The lowest BCUT2D eigenvalue weighted by molar-refractivity contribution is -0.136. The number of carbonyl (C=O) groups is 2. The molecule has 5 nitrogen and oxygen atoms in total. The highest BCUT2D eigenvalue weighted by atomic mass is 16.2. The summed E-state index contributed by atoms with van der Waals surface area (Å²) in [4.78, 5) is 26.7. The van der Waals surface area contributed by atoms with Crippen LogP contribution in [0.3, 0.4) is 0 Å². The van der Waals surface area contributed by atoms with E-state index < -0.39 is 0 Å². The highest BCUT2D eigenvalue weighted by molar-refractivity contribution is 5.85. The number of rotatable bonds is 7. The molecule has 0 aliphatic rings. The van der Waals surface area contributed by atoms with Crippen molar-refractivity contribution in [1.29, 1.82) is 0 Å². The first kappa shape index (κ1) is 15.9. The maximum atomic E-state index is 11.9. The minimum absolute atomic E-state index is 0.000694. The van der Waals surface area contributed by atoms with E-state index in [4.69, 9.17) is 0 Å². The van der Waals surface area contributed by atoms with E-state index in [1.54, 1.807) is 11.9 Å². The molecular weight excluding hydrogens is 218 g/mol. The molecule has 0 aromatic carbocycles. The highest BCUT2D eigenvalue weighted by Crippen LogP contribution is 1.98. The summed E-state index contributed by atoms with van der Waals surface area (Å²) in [5.74, 6) is 0.396. The smallest absolute Gasteiger partial charge is 0.239 e. The van der Waals surface area contributed by atoms with Gasteiger partial charge < -0.3 is 10.2 Å². The minimum atomic E-state index is -0.133. The summed E-state index contributed by atoms with van der Waals surface area (Å²) >= 11 is 0. The summed E-state index contributed by atoms with van der Waals surface area (Å²) < 4.78 is 0. The van der Waals surface area contributed by atoms with E-state index in [0.29, 0.717) is 19.0 Å². The Kier molecular flexibility index (Phi) is 7.54. The number of nitrogens with one attached hydrogen (secondary N) is 1. The summed E-state index contributed by atoms with van der Waals surface area (Å²) in [7, 11) is 3.50. The number of amides is 2. The van der Waals surface area contributed by atoms with Crippen LogP contribution in [-0.2, 0) is 9.59 Å². The van der Waals surface area contributed by atoms with Crippen LogP contribution in [0.25, 0.3) is 0 Å². The van der Waals surface area contributed by atoms with Gasteiger partial charge in [-0.3, -0.25) is 14.5 Å². The molecule has 0 aliphatic heterocycles. The Morgan fingerprint density at radius 1 is 1.24 bits per heavy atom. The quantitative estimate of drug-likeness (QED) is 0.693. The predicted molar refractivity (Wildman–Crippen MR) is 68.7 cm³/mol. The lowest BCUT2D eigenvalue weighted by atomic mass is 10.2. The summed E-state index contributed by atoms with van der Waals surface area (Å²) in [6.45, 7) is 8.05. The molecule has 0 aromatic heterocycles. The van der Waals surface area contributed by atoms with E-state index in [1.165, 1.54) is 0 Å². The molecule has 100 valence electrons. The van der Waals surface area contributed by atoms with Gasteiger partial charge in [0, 0.05) is 20.1 Å². The minimum Gasteiger partial charge on any atom is -0.358 e. The van der Waals surface area contributed by atoms with Crippen molar-refractivity contribution in [3.63, 3.8) is 0 Å². The summed E-state index contributed by atoms with van der Waals surface area (Å²) in [6, 6.07) is 0. The average molecular weight is 243 g/mol. The predicted octanol–water partition coefficient (Wildman–Crippen LogP) is 0.169. The fourth-order valence-corrected chi connectivity index (χ4v) is 1.65. The first-order valence-corrected chi connectivity index (χ1v) is 6.07. The zero-order valence-electron chi connectivity index (χ0n) is 11.6. The van der Waals surface area contributed by atoms with E-state index in [9.17, 15) is 9.59 Å². The van der Waals surface area contributed by atoms with Crippen molar-refractivity contribution in [3.8, 4) is 0 Å². The number of hydrogen-bond donors (Lipinski definition) is 1. The Morgan fingerprint density at radius 3 is 2.24 bits per heavy atom. The van der Waals surface area contributed by atoms with Crippen LogP contribution in [0.2, 0.25) is 0 Å². The van der Waals surface area contributed by atoms with E-state index in [-0.39, 0.29) is 18.4 Å². The van der Waals surface area contributed by atoms with Gasteiger partial charge in [-0.15, -0.1) is 0 Å². The second kappa shape index (κ2) is 8.06. The van der Waals surface area contributed by atoms with Gasteiger partial charge in [0.25, 0.3) is 0 Å². The molecule has 0 fully saturated rings. The molecule has 0 atom stereocenters. The van der Waals surface area contributed by atoms with Crippen LogP contribution in [0.4, 0.5) is 0 Å². The van der Waals surface area contributed by atoms with Crippen LogP contribution in [0.15, 0.2) is 0 Å². The third-order valence-corrected chi connectivity index (χ3v) is 2.43. The number of likely N-dealkylation sites (N-methyl/N-ethyl adjacent to an activating group) is 3. The zero-order chi connectivity index (χ0) is 13.4. The molecule has 0 radical (unpaired) electrons. The van der Waals surface area contributed by atoms with Crippen molar-refractivity contribution in [1.82, 2.24) is 15.1 Å². The van der Waals surface area contributed by atoms with Gasteiger partial charge in [0.05, 0.1) is 13.1 Å². The van der Waals surface area contributed by atoms with Gasteiger partial charge in [0.15, 0.2) is 0 Å². The van der Waals surface area contributed by atoms with Gasteiger partial charge in [-0.1, -0.05) is 13.8 Å². The van der Waals surface area contributed by atoms with Gasteiger partial charge >= 0.3 is 0 Å². The normalized spacial score (nSPS) is 10.8. The topological polar surface area (TPSA) is 52.7 Å². The monoisotopic (exact) mass is 243 g/mol. The summed E-state index contributed by atoms with van der Waals surface area (Å²) in [5.41, 5.74) is 0. The van der Waals surface area contributed by atoms with Crippen LogP contribution in [0.1, 0.15) is 20.8 Å². The van der Waals surface area contributed by atoms with Gasteiger partial charge in [0.2, 0.25) is 11.8 Å². The van der Waals surface area contributed by atoms with Crippen molar-refractivity contribution >= 4 is 11.8 Å². The fraction of sp³-hybridized carbons (Fsp3) is 0.833. The molecule has 17 heavy (non-hydrogen) atoms. The molecule has 0 unspecified atom stereocenters. The van der Waals surface area contributed by atoms with E-state index in [0.717, 1.165) is 6.54 Å². The Labute approximate surface area is 104 Å². The van der Waals surface area contributed by atoms with E-state index in [2.05, 4.69) is 19.2 Å². The highest BCUT2D eigenvalue weighted by Gasteiger charge is 2.16. The molecule has 0 heterocycles. The van der Waals surface area contributed by atoms with Gasteiger partial charge in [-0.2, -0.15) is 0 Å². The van der Waals surface area contributed by atoms with Crippen molar-refractivity contribution in [2.45, 2.75) is 20.8 Å².